The Hall–Kier alpha value is -5.16. The zero-order valence-electron chi connectivity index (χ0n) is 37.4. The Balaban J connectivity index is 1.56. The topological polar surface area (TPSA) is 206 Å². The molecule has 0 aromatic heterocycles. The molecular weight excluding hydrogens is 911 g/mol. The van der Waals surface area contributed by atoms with Crippen molar-refractivity contribution in [2.45, 2.75) is 85.9 Å². The van der Waals surface area contributed by atoms with Crippen LogP contribution in [-0.4, -0.2) is 86.8 Å². The first-order chi connectivity index (χ1) is 30.7. The van der Waals surface area contributed by atoms with E-state index in [2.05, 4.69) is 20.9 Å². The Morgan fingerprint density at radius 3 is 1.83 bits per heavy atom. The van der Waals surface area contributed by atoms with Crippen LogP contribution in [0, 0.1) is 0 Å². The summed E-state index contributed by atoms with van der Waals surface area (Å²) in [4.78, 5) is 59.0. The number of halogens is 3. The summed E-state index contributed by atoms with van der Waals surface area (Å²) in [6.45, 7) is 8.36. The van der Waals surface area contributed by atoms with Gasteiger partial charge in [-0.3, -0.25) is 19.4 Å². The third-order valence-corrected chi connectivity index (χ3v) is 15.7. The van der Waals surface area contributed by atoms with Crippen LogP contribution < -0.4 is 32.2 Å². The molecule has 0 heterocycles. The van der Waals surface area contributed by atoms with Crippen LogP contribution in [-0.2, 0) is 45.2 Å². The highest BCUT2D eigenvalue weighted by atomic mass is 35.6. The second kappa shape index (κ2) is 23.9. The Morgan fingerprint density at radius 2 is 1.31 bits per heavy atom. The third-order valence-electron chi connectivity index (χ3n) is 10.9. The van der Waals surface area contributed by atoms with Gasteiger partial charge < -0.3 is 46.1 Å². The van der Waals surface area contributed by atoms with Gasteiger partial charge in [-0.25, -0.2) is 4.79 Å². The SMILES string of the molecule is COc1ccc(C(NC(N)=NCCC[C@H](N)C(=O)N[C@H](C(=O)NCC(=O)OCC(Cl)(Cl)Cl)C(O[Si](C)(C)C(C)(C)C)C(=O)OCc2ccccc2)(c2ccccc2)c2ccccc2)cc1. The minimum absolute atomic E-state index is 0.105. The van der Waals surface area contributed by atoms with Gasteiger partial charge in [0.15, 0.2) is 20.4 Å². The summed E-state index contributed by atoms with van der Waals surface area (Å²) >= 11 is 17.1. The highest BCUT2D eigenvalue weighted by Gasteiger charge is 2.46. The molecule has 4 rings (SSSR count). The smallest absolute Gasteiger partial charge is 0.337 e. The Bertz CT molecular complexity index is 2150. The van der Waals surface area contributed by atoms with Crippen molar-refractivity contribution >= 4 is 72.8 Å². The fraction of sp³-hybridized carbons (Fsp3) is 0.383. The first-order valence-electron chi connectivity index (χ1n) is 20.9. The second-order valence-corrected chi connectivity index (χ2v) is 24.0. The maximum atomic E-state index is 14.0. The molecule has 4 aromatic rings. The highest BCUT2D eigenvalue weighted by molar-refractivity contribution is 6.74. The van der Waals surface area contributed by atoms with E-state index < -0.39 is 77.8 Å². The molecule has 0 radical (unpaired) electrons. The number of hydrogen-bond acceptors (Lipinski definition) is 10. The van der Waals surface area contributed by atoms with E-state index in [1.807, 2.05) is 125 Å². The summed E-state index contributed by atoms with van der Waals surface area (Å²) in [6, 6.07) is 33.4. The van der Waals surface area contributed by atoms with Gasteiger partial charge in [-0.2, -0.15) is 0 Å². The predicted octanol–water partition coefficient (Wildman–Crippen LogP) is 6.65. The van der Waals surface area contributed by atoms with Crippen LogP contribution in [0.3, 0.4) is 0 Å². The maximum Gasteiger partial charge on any atom is 0.337 e. The molecule has 0 fully saturated rings. The van der Waals surface area contributed by atoms with Gasteiger partial charge in [-0.05, 0) is 65.4 Å². The van der Waals surface area contributed by atoms with E-state index in [1.165, 1.54) is 0 Å². The van der Waals surface area contributed by atoms with Crippen molar-refractivity contribution in [1.82, 2.24) is 16.0 Å². The quantitative estimate of drug-likeness (QED) is 0.0114. The number of nitrogens with zero attached hydrogens (tertiary/aromatic N) is 1. The molecule has 0 saturated carbocycles. The number of carbonyl (C=O) groups excluding carboxylic acids is 4. The van der Waals surface area contributed by atoms with Crippen LogP contribution in [0.2, 0.25) is 18.1 Å². The number of nitrogens with one attached hydrogen (secondary N) is 3. The molecule has 0 aliphatic carbocycles. The van der Waals surface area contributed by atoms with Crippen molar-refractivity contribution in [2.24, 2.45) is 16.5 Å². The zero-order valence-corrected chi connectivity index (χ0v) is 40.7. The summed E-state index contributed by atoms with van der Waals surface area (Å²) in [7, 11) is -1.26. The van der Waals surface area contributed by atoms with Crippen LogP contribution in [0.25, 0.3) is 0 Å². The van der Waals surface area contributed by atoms with Crippen molar-refractivity contribution in [3.8, 4) is 5.75 Å². The number of carbonyl (C=O) groups is 4. The van der Waals surface area contributed by atoms with Crippen LogP contribution in [0.15, 0.2) is 120 Å². The standard InChI is InChI=1S/C47H59Cl3N6O8Si/c1-45(2,3)65(5,6)64-40(43(60)62-30-32-17-10-7-11-18-32)39(42(59)54-29-38(57)63-31-46(48,49)50)55-41(58)37(51)23-16-28-53-44(52)56-47(33-19-12-8-13-20-33,34-21-14-9-15-22-34)35-24-26-36(61-4)27-25-35/h7-15,17-22,24-27,37,39-40H,16,23,28-31,51H2,1-6H3,(H,54,59)(H,55,58)(H3,52,53,56)/t37-,39-,40?/m0/s1. The molecule has 0 aliphatic rings. The molecular formula is C47H59Cl3N6O8Si. The number of methoxy groups -OCH3 is 1. The maximum absolute atomic E-state index is 14.0. The number of ether oxygens (including phenoxy) is 3. The number of hydrogen-bond donors (Lipinski definition) is 5. The van der Waals surface area contributed by atoms with E-state index in [0.29, 0.717) is 17.7 Å². The largest absolute Gasteiger partial charge is 0.497 e. The summed E-state index contributed by atoms with van der Waals surface area (Å²) in [5.41, 5.74) is 15.5. The lowest BCUT2D eigenvalue weighted by Crippen LogP contribution is -2.62. The highest BCUT2D eigenvalue weighted by Crippen LogP contribution is 2.39. The third kappa shape index (κ3) is 15.5. The van der Waals surface area contributed by atoms with E-state index >= 15 is 0 Å². The van der Waals surface area contributed by atoms with Gasteiger partial charge in [0, 0.05) is 6.54 Å². The minimum atomic E-state index is -2.87. The van der Waals surface area contributed by atoms with Crippen molar-refractivity contribution in [2.75, 3.05) is 26.8 Å². The molecule has 18 heteroatoms. The van der Waals surface area contributed by atoms with Gasteiger partial charge in [0.1, 0.15) is 37.1 Å². The number of rotatable bonds is 21. The van der Waals surface area contributed by atoms with Crippen LogP contribution in [0.1, 0.15) is 55.9 Å². The fourth-order valence-electron chi connectivity index (χ4n) is 6.39. The summed E-state index contributed by atoms with van der Waals surface area (Å²) in [5, 5.41) is 8.08. The average Bonchev–Trinajstić information content (AvgIpc) is 3.28. The monoisotopic (exact) mass is 968 g/mol. The number of amides is 2. The number of nitrogens with two attached hydrogens (primary N) is 2. The van der Waals surface area contributed by atoms with Gasteiger partial charge in [-0.15, -0.1) is 0 Å². The zero-order chi connectivity index (χ0) is 47.8. The van der Waals surface area contributed by atoms with E-state index in [-0.39, 0.29) is 25.5 Å². The Labute approximate surface area is 397 Å². The summed E-state index contributed by atoms with van der Waals surface area (Å²) < 4.78 is 20.7. The molecule has 4 aromatic carbocycles. The van der Waals surface area contributed by atoms with Crippen molar-refractivity contribution < 1.29 is 37.8 Å². The first-order valence-corrected chi connectivity index (χ1v) is 25.0. The second-order valence-electron chi connectivity index (χ2n) is 16.7. The van der Waals surface area contributed by atoms with Crippen LogP contribution >= 0.6 is 34.8 Å². The van der Waals surface area contributed by atoms with Crippen molar-refractivity contribution in [3.05, 3.63) is 138 Å². The first kappa shape index (κ1) is 52.5. The molecule has 1 unspecified atom stereocenters. The van der Waals surface area contributed by atoms with Crippen molar-refractivity contribution in [1.29, 1.82) is 0 Å². The normalized spacial score (nSPS) is 13.7. The van der Waals surface area contributed by atoms with E-state index in [4.69, 9.17) is 64.9 Å². The molecule has 0 spiro atoms. The lowest BCUT2D eigenvalue weighted by Gasteiger charge is -2.40. The number of aliphatic imine (C=N–C) groups is 1. The molecule has 2 amide bonds. The molecule has 14 nitrogen and oxygen atoms in total. The van der Waals surface area contributed by atoms with Gasteiger partial charge in [0.2, 0.25) is 15.6 Å². The Kier molecular flexibility index (Phi) is 19.3. The van der Waals surface area contributed by atoms with Gasteiger partial charge in [-0.1, -0.05) is 159 Å². The van der Waals surface area contributed by atoms with E-state index in [9.17, 15) is 19.2 Å². The van der Waals surface area contributed by atoms with Crippen LogP contribution in [0.5, 0.6) is 5.75 Å². The van der Waals surface area contributed by atoms with Gasteiger partial charge in [0.05, 0.1) is 13.2 Å². The Morgan fingerprint density at radius 1 is 0.769 bits per heavy atom. The molecule has 350 valence electrons. The fourth-order valence-corrected chi connectivity index (χ4v) is 7.77. The van der Waals surface area contributed by atoms with Crippen molar-refractivity contribution in [3.63, 3.8) is 0 Å². The number of benzene rings is 4. The molecule has 7 N–H and O–H groups in total. The van der Waals surface area contributed by atoms with Gasteiger partial charge >= 0.3 is 11.9 Å². The molecule has 65 heavy (non-hydrogen) atoms. The number of guanidine groups is 1. The number of esters is 2. The lowest BCUT2D eigenvalue weighted by molar-refractivity contribution is -0.158. The van der Waals surface area contributed by atoms with E-state index in [0.717, 1.165) is 16.7 Å². The van der Waals surface area contributed by atoms with Crippen LogP contribution in [0.4, 0.5) is 0 Å². The summed E-state index contributed by atoms with van der Waals surface area (Å²) in [6.07, 6.45) is -1.24. The molecule has 0 bridgehead atoms. The summed E-state index contributed by atoms with van der Waals surface area (Å²) in [5.74, 6) is -2.75. The minimum Gasteiger partial charge on any atom is -0.497 e. The number of alkyl halides is 3. The predicted molar refractivity (Wildman–Crippen MR) is 257 cm³/mol. The molecule has 0 aliphatic heterocycles. The lowest BCUT2D eigenvalue weighted by atomic mass is 9.77. The van der Waals surface area contributed by atoms with Gasteiger partial charge in [0.25, 0.3) is 0 Å². The average molecular weight is 970 g/mol. The molecule has 3 atom stereocenters. The van der Waals surface area contributed by atoms with E-state index in [1.54, 1.807) is 31.4 Å². The molecule has 0 saturated heterocycles.